The van der Waals surface area contributed by atoms with E-state index in [-0.39, 0.29) is 0 Å². The fourth-order valence-corrected chi connectivity index (χ4v) is 2.85. The summed E-state index contributed by atoms with van der Waals surface area (Å²) in [5.41, 5.74) is 1.82. The number of benzene rings is 2. The molecular weight excluding hydrogens is 389 g/mol. The number of para-hydroxylation sites is 1. The Kier molecular flexibility index (Phi) is 6.36. The zero-order valence-electron chi connectivity index (χ0n) is 14.9. The second kappa shape index (κ2) is 8.92. The van der Waals surface area contributed by atoms with Crippen LogP contribution in [0.25, 0.3) is 0 Å². The van der Waals surface area contributed by atoms with Gasteiger partial charge in [0.2, 0.25) is 5.95 Å². The monoisotopic (exact) mass is 407 g/mol. The first-order valence-electron chi connectivity index (χ1n) is 8.35. The number of halogens is 2. The van der Waals surface area contributed by atoms with Crippen molar-refractivity contribution in [1.82, 2.24) is 20.2 Å². The second-order valence-electron chi connectivity index (χ2n) is 5.66. The Labute approximate surface area is 167 Å². The number of aromatic nitrogens is 4. The molecule has 3 aromatic rings. The predicted octanol–water partition coefficient (Wildman–Crippen LogP) is 4.20. The summed E-state index contributed by atoms with van der Waals surface area (Å²) < 4.78 is 13.2. The number of tetrazole rings is 1. The van der Waals surface area contributed by atoms with Crippen LogP contribution in [0.4, 0.5) is 5.95 Å². The first-order valence-corrected chi connectivity index (χ1v) is 9.10. The van der Waals surface area contributed by atoms with E-state index in [1.165, 1.54) is 0 Å². The lowest BCUT2D eigenvalue weighted by Crippen LogP contribution is -2.09. The van der Waals surface area contributed by atoms with E-state index < -0.39 is 0 Å². The fraction of sp³-hybridized carbons (Fsp3) is 0.278. The maximum Gasteiger partial charge on any atom is 0.243 e. The summed E-state index contributed by atoms with van der Waals surface area (Å²) in [6.45, 7) is 3.46. The molecule has 0 spiro atoms. The minimum atomic E-state index is 0.330. The number of ether oxygens (including phenoxy) is 2. The second-order valence-corrected chi connectivity index (χ2v) is 6.47. The third-order valence-electron chi connectivity index (χ3n) is 3.92. The minimum Gasteiger partial charge on any atom is -0.493 e. The van der Waals surface area contributed by atoms with Crippen molar-refractivity contribution in [3.8, 4) is 11.5 Å². The molecule has 0 amide bonds. The molecule has 0 atom stereocenters. The van der Waals surface area contributed by atoms with Gasteiger partial charge in [-0.3, -0.25) is 0 Å². The molecule has 0 aliphatic rings. The normalized spacial score (nSPS) is 10.7. The highest BCUT2D eigenvalue weighted by molar-refractivity contribution is 6.42. The summed E-state index contributed by atoms with van der Waals surface area (Å²) in [6.07, 6.45) is 0. The quantitative estimate of drug-likeness (QED) is 0.602. The topological polar surface area (TPSA) is 74.1 Å². The number of methoxy groups -OCH3 is 1. The summed E-state index contributed by atoms with van der Waals surface area (Å²) in [5, 5.41) is 15.8. The maximum atomic E-state index is 6.08. The lowest BCUT2D eigenvalue weighted by Gasteiger charge is -2.16. The van der Waals surface area contributed by atoms with Crippen molar-refractivity contribution >= 4 is 29.2 Å². The first kappa shape index (κ1) is 19.3. The molecule has 0 saturated heterocycles. The molecule has 0 bridgehead atoms. The van der Waals surface area contributed by atoms with Gasteiger partial charge in [-0.1, -0.05) is 46.5 Å². The van der Waals surface area contributed by atoms with Crippen molar-refractivity contribution in [1.29, 1.82) is 0 Å². The fourth-order valence-electron chi connectivity index (χ4n) is 2.53. The summed E-state index contributed by atoms with van der Waals surface area (Å²) in [7, 11) is 1.61. The Morgan fingerprint density at radius 1 is 1.15 bits per heavy atom. The highest BCUT2D eigenvalue weighted by Crippen LogP contribution is 2.32. The van der Waals surface area contributed by atoms with Crippen LogP contribution in [0.15, 0.2) is 36.4 Å². The van der Waals surface area contributed by atoms with Crippen LogP contribution in [-0.4, -0.2) is 27.3 Å². The zero-order chi connectivity index (χ0) is 19.2. The highest BCUT2D eigenvalue weighted by Gasteiger charge is 2.13. The van der Waals surface area contributed by atoms with Gasteiger partial charge in [-0.2, -0.15) is 0 Å². The summed E-state index contributed by atoms with van der Waals surface area (Å²) in [6, 6.07) is 11.1. The largest absolute Gasteiger partial charge is 0.493 e. The highest BCUT2D eigenvalue weighted by atomic mass is 35.5. The van der Waals surface area contributed by atoms with Crippen LogP contribution in [0.1, 0.15) is 18.1 Å². The SMILES string of the molecule is CCn1nnnc1NCc1cccc(OC)c1OCc1ccc(Cl)c(Cl)c1. The molecule has 0 radical (unpaired) electrons. The average Bonchev–Trinajstić information content (AvgIpc) is 3.15. The molecule has 1 N–H and O–H groups in total. The van der Waals surface area contributed by atoms with Crippen LogP contribution in [-0.2, 0) is 19.7 Å². The average molecular weight is 408 g/mol. The summed E-state index contributed by atoms with van der Waals surface area (Å²) in [5.74, 6) is 1.88. The van der Waals surface area contributed by atoms with Gasteiger partial charge in [-0.15, -0.1) is 0 Å². The van der Waals surface area contributed by atoms with Crippen molar-refractivity contribution in [2.45, 2.75) is 26.6 Å². The number of aryl methyl sites for hydroxylation is 1. The molecule has 9 heteroatoms. The van der Waals surface area contributed by atoms with Gasteiger partial charge < -0.3 is 14.8 Å². The van der Waals surface area contributed by atoms with Crippen LogP contribution < -0.4 is 14.8 Å². The molecule has 1 aromatic heterocycles. The van der Waals surface area contributed by atoms with Gasteiger partial charge in [0.25, 0.3) is 0 Å². The minimum absolute atomic E-state index is 0.330. The van der Waals surface area contributed by atoms with Crippen molar-refractivity contribution in [2.75, 3.05) is 12.4 Å². The number of anilines is 1. The van der Waals surface area contributed by atoms with Crippen molar-refractivity contribution < 1.29 is 9.47 Å². The van der Waals surface area contributed by atoms with Crippen LogP contribution in [0.5, 0.6) is 11.5 Å². The smallest absolute Gasteiger partial charge is 0.243 e. The van der Waals surface area contributed by atoms with Gasteiger partial charge in [-0.25, -0.2) is 4.68 Å². The number of nitrogens with zero attached hydrogens (tertiary/aromatic N) is 4. The Morgan fingerprint density at radius 2 is 2.00 bits per heavy atom. The van der Waals surface area contributed by atoms with Crippen molar-refractivity contribution in [3.63, 3.8) is 0 Å². The molecule has 27 heavy (non-hydrogen) atoms. The van der Waals surface area contributed by atoms with E-state index in [1.807, 2.05) is 31.2 Å². The molecule has 142 valence electrons. The molecule has 0 unspecified atom stereocenters. The van der Waals surface area contributed by atoms with Gasteiger partial charge in [-0.05, 0) is 41.1 Å². The van der Waals surface area contributed by atoms with Crippen LogP contribution >= 0.6 is 23.2 Å². The van der Waals surface area contributed by atoms with Gasteiger partial charge in [0.15, 0.2) is 11.5 Å². The van der Waals surface area contributed by atoms with E-state index in [1.54, 1.807) is 23.9 Å². The Balaban J connectivity index is 1.77. The molecule has 2 aromatic carbocycles. The Morgan fingerprint density at radius 3 is 2.74 bits per heavy atom. The molecule has 3 rings (SSSR count). The third-order valence-corrected chi connectivity index (χ3v) is 4.65. The predicted molar refractivity (Wildman–Crippen MR) is 105 cm³/mol. The Bertz CT molecular complexity index is 917. The molecule has 1 heterocycles. The van der Waals surface area contributed by atoms with E-state index in [0.29, 0.717) is 47.2 Å². The maximum absolute atomic E-state index is 6.08. The lowest BCUT2D eigenvalue weighted by molar-refractivity contribution is 0.281. The molecule has 0 aliphatic heterocycles. The number of rotatable bonds is 8. The molecule has 0 fully saturated rings. The molecule has 7 nitrogen and oxygen atoms in total. The van der Waals surface area contributed by atoms with Gasteiger partial charge in [0.05, 0.1) is 17.2 Å². The van der Waals surface area contributed by atoms with Crippen molar-refractivity contribution in [3.05, 3.63) is 57.6 Å². The van der Waals surface area contributed by atoms with Crippen LogP contribution in [0.2, 0.25) is 10.0 Å². The van der Waals surface area contributed by atoms with Gasteiger partial charge in [0, 0.05) is 18.7 Å². The third kappa shape index (κ3) is 4.61. The molecule has 0 saturated carbocycles. The molecule has 0 aliphatic carbocycles. The van der Waals surface area contributed by atoms with E-state index in [4.69, 9.17) is 32.7 Å². The first-order chi connectivity index (χ1) is 13.1. The van der Waals surface area contributed by atoms with Crippen molar-refractivity contribution in [2.24, 2.45) is 0 Å². The van der Waals surface area contributed by atoms with Gasteiger partial charge >= 0.3 is 0 Å². The van der Waals surface area contributed by atoms with E-state index in [0.717, 1.165) is 11.1 Å². The Hall–Kier alpha value is -2.51. The van der Waals surface area contributed by atoms with Gasteiger partial charge in [0.1, 0.15) is 6.61 Å². The van der Waals surface area contributed by atoms with E-state index >= 15 is 0 Å². The number of nitrogens with one attached hydrogen (secondary N) is 1. The number of hydrogen-bond acceptors (Lipinski definition) is 6. The summed E-state index contributed by atoms with van der Waals surface area (Å²) in [4.78, 5) is 0. The van der Waals surface area contributed by atoms with E-state index in [2.05, 4.69) is 20.8 Å². The molecular formula is C18H19Cl2N5O2. The van der Waals surface area contributed by atoms with E-state index in [9.17, 15) is 0 Å². The number of hydrogen-bond donors (Lipinski definition) is 1. The standard InChI is InChI=1S/C18H19Cl2N5O2/c1-3-25-18(22-23-24-25)21-10-13-5-4-6-16(26-2)17(13)27-11-12-7-8-14(19)15(20)9-12/h4-9H,3,10-11H2,1-2H3,(H,21,22,24). The lowest BCUT2D eigenvalue weighted by atomic mass is 10.1. The summed E-state index contributed by atoms with van der Waals surface area (Å²) >= 11 is 12.0. The van der Waals surface area contributed by atoms with Crippen LogP contribution in [0, 0.1) is 0 Å². The van der Waals surface area contributed by atoms with Crippen LogP contribution in [0.3, 0.4) is 0 Å². The zero-order valence-corrected chi connectivity index (χ0v) is 16.5.